The van der Waals surface area contributed by atoms with Crippen molar-refractivity contribution in [1.82, 2.24) is 15.3 Å². The molecule has 0 aromatic carbocycles. The number of nitrogens with two attached hydrogens (primary N) is 1. The number of hydrogen-bond acceptors (Lipinski definition) is 6. The molecule has 0 aliphatic rings. The van der Waals surface area contributed by atoms with Crippen LogP contribution < -0.4 is 16.6 Å². The maximum absolute atomic E-state index is 12.1. The van der Waals surface area contributed by atoms with Crippen molar-refractivity contribution in [3.05, 3.63) is 41.2 Å². The second kappa shape index (κ2) is 6.16. The molecule has 0 atom stereocenters. The molecule has 106 valence electrons. The summed E-state index contributed by atoms with van der Waals surface area (Å²) in [6.07, 6.45) is 2.33. The summed E-state index contributed by atoms with van der Waals surface area (Å²) in [5.41, 5.74) is 3.74. The summed E-state index contributed by atoms with van der Waals surface area (Å²) < 4.78 is 5.29. The number of nitrogens with one attached hydrogen (secondary N) is 2. The van der Waals surface area contributed by atoms with Gasteiger partial charge in [0.2, 0.25) is 5.89 Å². The van der Waals surface area contributed by atoms with E-state index in [0.717, 1.165) is 5.69 Å². The van der Waals surface area contributed by atoms with E-state index in [9.17, 15) is 4.79 Å². The van der Waals surface area contributed by atoms with Gasteiger partial charge in [-0.05, 0) is 25.5 Å². The molecule has 0 fully saturated rings. The van der Waals surface area contributed by atoms with Crippen molar-refractivity contribution in [1.29, 1.82) is 0 Å². The van der Waals surface area contributed by atoms with Gasteiger partial charge < -0.3 is 15.2 Å². The van der Waals surface area contributed by atoms with Crippen LogP contribution in [0.4, 0.5) is 5.82 Å². The molecule has 0 bridgehead atoms. The van der Waals surface area contributed by atoms with Gasteiger partial charge >= 0.3 is 0 Å². The van der Waals surface area contributed by atoms with Crippen LogP contribution >= 0.6 is 0 Å². The van der Waals surface area contributed by atoms with Crippen molar-refractivity contribution in [2.24, 2.45) is 5.84 Å². The van der Waals surface area contributed by atoms with Crippen LogP contribution in [-0.2, 0) is 13.0 Å². The molecular formula is C13H17N5O2. The third-order valence-electron chi connectivity index (χ3n) is 2.72. The number of hydrogen-bond donors (Lipinski definition) is 3. The largest absolute Gasteiger partial charge is 0.444 e. The Morgan fingerprint density at radius 2 is 2.25 bits per heavy atom. The molecule has 0 aliphatic heterocycles. The first-order chi connectivity index (χ1) is 9.62. The second-order valence-electron chi connectivity index (χ2n) is 4.28. The van der Waals surface area contributed by atoms with E-state index in [1.165, 1.54) is 0 Å². The van der Waals surface area contributed by atoms with Crippen molar-refractivity contribution >= 4 is 11.7 Å². The van der Waals surface area contributed by atoms with Crippen molar-refractivity contribution in [2.45, 2.75) is 26.8 Å². The number of aromatic nitrogens is 2. The molecule has 2 aromatic heterocycles. The van der Waals surface area contributed by atoms with E-state index in [-0.39, 0.29) is 12.5 Å². The summed E-state index contributed by atoms with van der Waals surface area (Å²) in [6.45, 7) is 4.00. The number of carbonyl (C=O) groups excluding carboxylic acids is 1. The average molecular weight is 275 g/mol. The predicted octanol–water partition coefficient (Wildman–Crippen LogP) is 1.16. The van der Waals surface area contributed by atoms with E-state index in [1.807, 2.05) is 6.92 Å². The van der Waals surface area contributed by atoms with E-state index in [4.69, 9.17) is 10.3 Å². The predicted molar refractivity (Wildman–Crippen MR) is 73.8 cm³/mol. The van der Waals surface area contributed by atoms with Crippen LogP contribution in [-0.4, -0.2) is 15.9 Å². The molecule has 7 heteroatoms. The van der Waals surface area contributed by atoms with Gasteiger partial charge in [-0.2, -0.15) is 0 Å². The Hall–Kier alpha value is -2.41. The molecule has 0 radical (unpaired) electrons. The molecule has 0 unspecified atom stereocenters. The van der Waals surface area contributed by atoms with Crippen molar-refractivity contribution in [3.8, 4) is 0 Å². The smallest absolute Gasteiger partial charge is 0.251 e. The summed E-state index contributed by atoms with van der Waals surface area (Å²) >= 11 is 0. The molecule has 0 spiro atoms. The number of rotatable bonds is 5. The van der Waals surface area contributed by atoms with Crippen LogP contribution in [0.15, 0.2) is 22.7 Å². The number of nitrogen functional groups attached to an aromatic ring is 1. The molecule has 0 aliphatic carbocycles. The summed E-state index contributed by atoms with van der Waals surface area (Å²) in [5, 5.41) is 2.74. The van der Waals surface area contributed by atoms with Crippen LogP contribution in [0, 0.1) is 6.92 Å². The molecule has 1 amide bonds. The van der Waals surface area contributed by atoms with Gasteiger partial charge in [-0.15, -0.1) is 0 Å². The van der Waals surface area contributed by atoms with Crippen LogP contribution in [0.1, 0.15) is 34.6 Å². The highest BCUT2D eigenvalue weighted by Gasteiger charge is 2.10. The SMILES string of the molecule is CCc1cc(C(=O)NCc2ncc(C)o2)cc(NN)n1. The number of hydrazine groups is 1. The summed E-state index contributed by atoms with van der Waals surface area (Å²) in [7, 11) is 0. The molecule has 20 heavy (non-hydrogen) atoms. The zero-order valence-corrected chi connectivity index (χ0v) is 11.4. The van der Waals surface area contributed by atoms with Crippen LogP contribution in [0.2, 0.25) is 0 Å². The Labute approximate surface area is 116 Å². The van der Waals surface area contributed by atoms with E-state index >= 15 is 0 Å². The molecule has 2 aromatic rings. The van der Waals surface area contributed by atoms with E-state index < -0.39 is 0 Å². The van der Waals surface area contributed by atoms with Crippen LogP contribution in [0.25, 0.3) is 0 Å². The molecule has 0 saturated heterocycles. The first-order valence-electron chi connectivity index (χ1n) is 6.29. The molecule has 7 nitrogen and oxygen atoms in total. The highest BCUT2D eigenvalue weighted by molar-refractivity contribution is 5.94. The third kappa shape index (κ3) is 3.33. The number of carbonyl (C=O) groups is 1. The van der Waals surface area contributed by atoms with Gasteiger partial charge in [0.1, 0.15) is 11.6 Å². The fourth-order valence-electron chi connectivity index (χ4n) is 1.71. The quantitative estimate of drug-likeness (QED) is 0.558. The topological polar surface area (TPSA) is 106 Å². The summed E-state index contributed by atoms with van der Waals surface area (Å²) in [6, 6.07) is 3.33. The van der Waals surface area contributed by atoms with E-state index in [0.29, 0.717) is 29.5 Å². The average Bonchev–Trinajstić information content (AvgIpc) is 2.89. The number of aryl methyl sites for hydroxylation is 2. The molecule has 4 N–H and O–H groups in total. The lowest BCUT2D eigenvalue weighted by Crippen LogP contribution is -2.23. The third-order valence-corrected chi connectivity index (χ3v) is 2.72. The second-order valence-corrected chi connectivity index (χ2v) is 4.28. The number of oxazole rings is 1. The Morgan fingerprint density at radius 1 is 1.45 bits per heavy atom. The number of pyridine rings is 1. The normalized spacial score (nSPS) is 10.3. The zero-order valence-electron chi connectivity index (χ0n) is 11.4. The van der Waals surface area contributed by atoms with Gasteiger partial charge in [0, 0.05) is 11.3 Å². The Kier molecular flexibility index (Phi) is 4.31. The minimum absolute atomic E-state index is 0.227. The molecule has 2 heterocycles. The van der Waals surface area contributed by atoms with Gasteiger partial charge in [0.25, 0.3) is 5.91 Å². The van der Waals surface area contributed by atoms with Gasteiger partial charge in [0.15, 0.2) is 0 Å². The lowest BCUT2D eigenvalue weighted by Gasteiger charge is -2.07. The molecule has 2 rings (SSSR count). The van der Waals surface area contributed by atoms with Gasteiger partial charge in [-0.25, -0.2) is 15.8 Å². The Bertz CT molecular complexity index is 586. The summed E-state index contributed by atoms with van der Waals surface area (Å²) in [5.74, 6) is 6.75. The van der Waals surface area contributed by atoms with E-state index in [1.54, 1.807) is 25.3 Å². The Morgan fingerprint density at radius 3 is 2.85 bits per heavy atom. The highest BCUT2D eigenvalue weighted by atomic mass is 16.4. The zero-order chi connectivity index (χ0) is 14.5. The maximum Gasteiger partial charge on any atom is 0.251 e. The fraction of sp³-hybridized carbons (Fsp3) is 0.308. The van der Waals surface area contributed by atoms with Crippen molar-refractivity contribution in [2.75, 3.05) is 5.43 Å². The molecule has 0 saturated carbocycles. The van der Waals surface area contributed by atoms with Gasteiger partial charge in [-0.3, -0.25) is 4.79 Å². The summed E-state index contributed by atoms with van der Waals surface area (Å²) in [4.78, 5) is 20.3. The minimum Gasteiger partial charge on any atom is -0.444 e. The number of nitrogens with zero attached hydrogens (tertiary/aromatic N) is 2. The first kappa shape index (κ1) is 14.0. The number of amides is 1. The van der Waals surface area contributed by atoms with Crippen molar-refractivity contribution in [3.63, 3.8) is 0 Å². The van der Waals surface area contributed by atoms with Crippen LogP contribution in [0.5, 0.6) is 0 Å². The maximum atomic E-state index is 12.1. The van der Waals surface area contributed by atoms with E-state index in [2.05, 4.69) is 20.7 Å². The standard InChI is InChI=1S/C13H17N5O2/c1-3-10-4-9(5-11(17-10)18-14)13(19)16-7-12-15-6-8(2)20-12/h4-6H,3,7,14H2,1-2H3,(H,16,19)(H,17,18). The monoisotopic (exact) mass is 275 g/mol. The van der Waals surface area contributed by atoms with Gasteiger partial charge in [-0.1, -0.05) is 6.92 Å². The van der Waals surface area contributed by atoms with Crippen LogP contribution in [0.3, 0.4) is 0 Å². The highest BCUT2D eigenvalue weighted by Crippen LogP contribution is 2.11. The fourth-order valence-corrected chi connectivity index (χ4v) is 1.71. The first-order valence-corrected chi connectivity index (χ1v) is 6.29. The lowest BCUT2D eigenvalue weighted by molar-refractivity contribution is 0.0947. The van der Waals surface area contributed by atoms with Crippen molar-refractivity contribution < 1.29 is 9.21 Å². The number of anilines is 1. The lowest BCUT2D eigenvalue weighted by atomic mass is 10.2. The molecular weight excluding hydrogens is 258 g/mol. The Balaban J connectivity index is 2.08. The minimum atomic E-state index is -0.227. The van der Waals surface area contributed by atoms with Gasteiger partial charge in [0.05, 0.1) is 12.7 Å².